The Labute approximate surface area is 189 Å². The van der Waals surface area contributed by atoms with Crippen LogP contribution in [0, 0.1) is 11.3 Å². The standard InChI is InChI=1S/C24H26N6.ClH/c25-17-20-6-4-19(5-7-20)8-10-27-24-28-11-9-23(29-24)22-3-1-2-21(16-22)18-30-14-12-26-13-15-30;/h1-7,9,11,16,26H,8,10,12-15,18H2,(H,27,28,29);1H. The van der Waals surface area contributed by atoms with E-state index < -0.39 is 0 Å². The van der Waals surface area contributed by atoms with E-state index in [-0.39, 0.29) is 12.4 Å². The number of hydrogen-bond acceptors (Lipinski definition) is 6. The van der Waals surface area contributed by atoms with Gasteiger partial charge in [0.1, 0.15) is 0 Å². The number of aromatic nitrogens is 2. The van der Waals surface area contributed by atoms with Crippen molar-refractivity contribution in [1.82, 2.24) is 20.2 Å². The Bertz CT molecular complexity index is 1010. The molecule has 1 fully saturated rings. The summed E-state index contributed by atoms with van der Waals surface area (Å²) in [4.78, 5) is 11.5. The number of anilines is 1. The molecule has 3 aromatic rings. The average Bonchev–Trinajstić information content (AvgIpc) is 2.81. The minimum atomic E-state index is 0. The molecule has 6 nitrogen and oxygen atoms in total. The van der Waals surface area contributed by atoms with Gasteiger partial charge in [0.05, 0.1) is 17.3 Å². The van der Waals surface area contributed by atoms with E-state index in [2.05, 4.69) is 50.9 Å². The van der Waals surface area contributed by atoms with Crippen LogP contribution in [0.1, 0.15) is 16.7 Å². The van der Waals surface area contributed by atoms with Crippen LogP contribution >= 0.6 is 12.4 Å². The first kappa shape index (κ1) is 22.7. The van der Waals surface area contributed by atoms with Gasteiger partial charge in [-0.2, -0.15) is 5.26 Å². The van der Waals surface area contributed by atoms with E-state index in [9.17, 15) is 0 Å². The molecule has 0 amide bonds. The highest BCUT2D eigenvalue weighted by atomic mass is 35.5. The summed E-state index contributed by atoms with van der Waals surface area (Å²) < 4.78 is 0. The van der Waals surface area contributed by atoms with E-state index >= 15 is 0 Å². The Hall–Kier alpha value is -2.98. The Morgan fingerprint density at radius 1 is 1.03 bits per heavy atom. The second kappa shape index (κ2) is 11.4. The fraction of sp³-hybridized carbons (Fsp3) is 0.292. The first-order valence-electron chi connectivity index (χ1n) is 10.4. The SMILES string of the molecule is Cl.N#Cc1ccc(CCNc2nccc(-c3cccc(CN4CCNCC4)c3)n2)cc1. The third-order valence-corrected chi connectivity index (χ3v) is 5.27. The zero-order chi connectivity index (χ0) is 20.6. The zero-order valence-electron chi connectivity index (χ0n) is 17.4. The first-order chi connectivity index (χ1) is 14.8. The number of halogens is 1. The van der Waals surface area contributed by atoms with Gasteiger partial charge in [0.15, 0.2) is 0 Å². The van der Waals surface area contributed by atoms with Crippen LogP contribution in [0.25, 0.3) is 11.3 Å². The molecule has 1 aromatic heterocycles. The van der Waals surface area contributed by atoms with Crippen LogP contribution < -0.4 is 10.6 Å². The Balaban J connectivity index is 0.00000272. The molecule has 4 rings (SSSR count). The summed E-state index contributed by atoms with van der Waals surface area (Å²) >= 11 is 0. The summed E-state index contributed by atoms with van der Waals surface area (Å²) in [5.74, 6) is 0.633. The van der Waals surface area contributed by atoms with Crippen LogP contribution in [0.15, 0.2) is 60.8 Å². The van der Waals surface area contributed by atoms with Gasteiger partial charge in [-0.3, -0.25) is 4.90 Å². The number of nitriles is 1. The van der Waals surface area contributed by atoms with Crippen molar-refractivity contribution in [2.45, 2.75) is 13.0 Å². The minimum absolute atomic E-state index is 0. The summed E-state index contributed by atoms with van der Waals surface area (Å²) in [5, 5.41) is 15.6. The largest absolute Gasteiger partial charge is 0.354 e. The van der Waals surface area contributed by atoms with Crippen molar-refractivity contribution < 1.29 is 0 Å². The lowest BCUT2D eigenvalue weighted by molar-refractivity contribution is 0.233. The predicted octanol–water partition coefficient (Wildman–Crippen LogP) is 3.50. The Morgan fingerprint density at radius 3 is 2.61 bits per heavy atom. The molecule has 1 aliphatic rings. The average molecular weight is 435 g/mol. The second-order valence-corrected chi connectivity index (χ2v) is 7.48. The fourth-order valence-electron chi connectivity index (χ4n) is 3.63. The molecule has 2 N–H and O–H groups in total. The fourth-order valence-corrected chi connectivity index (χ4v) is 3.63. The molecule has 31 heavy (non-hydrogen) atoms. The van der Waals surface area contributed by atoms with Gasteiger partial charge >= 0.3 is 0 Å². The van der Waals surface area contributed by atoms with E-state index in [4.69, 9.17) is 10.2 Å². The summed E-state index contributed by atoms with van der Waals surface area (Å²) in [6, 6.07) is 20.4. The zero-order valence-corrected chi connectivity index (χ0v) is 18.2. The molecule has 2 aromatic carbocycles. The monoisotopic (exact) mass is 434 g/mol. The summed E-state index contributed by atoms with van der Waals surface area (Å²) in [6.45, 7) is 6.00. The molecule has 0 aliphatic carbocycles. The topological polar surface area (TPSA) is 76.9 Å². The van der Waals surface area contributed by atoms with E-state index in [0.717, 1.165) is 56.9 Å². The van der Waals surface area contributed by atoms with Gasteiger partial charge in [-0.05, 0) is 41.8 Å². The number of nitrogens with zero attached hydrogens (tertiary/aromatic N) is 4. The van der Waals surface area contributed by atoms with Gasteiger partial charge in [-0.1, -0.05) is 30.3 Å². The molecule has 0 spiro atoms. The van der Waals surface area contributed by atoms with Crippen molar-refractivity contribution in [3.8, 4) is 17.3 Å². The van der Waals surface area contributed by atoms with Gasteiger partial charge in [-0.25, -0.2) is 9.97 Å². The Kier molecular flexibility index (Phi) is 8.36. The quantitative estimate of drug-likeness (QED) is 0.592. The molecule has 0 radical (unpaired) electrons. The van der Waals surface area contributed by atoms with Crippen molar-refractivity contribution in [1.29, 1.82) is 5.26 Å². The van der Waals surface area contributed by atoms with Crippen LogP contribution in [0.3, 0.4) is 0 Å². The van der Waals surface area contributed by atoms with Crippen molar-refractivity contribution in [2.75, 3.05) is 38.0 Å². The van der Waals surface area contributed by atoms with Gasteiger partial charge < -0.3 is 10.6 Å². The summed E-state index contributed by atoms with van der Waals surface area (Å²) in [7, 11) is 0. The number of benzene rings is 2. The van der Waals surface area contributed by atoms with Crippen LogP contribution in [-0.2, 0) is 13.0 Å². The molecule has 160 valence electrons. The number of piperazine rings is 1. The van der Waals surface area contributed by atoms with E-state index in [1.54, 1.807) is 6.20 Å². The van der Waals surface area contributed by atoms with Crippen molar-refractivity contribution in [3.63, 3.8) is 0 Å². The predicted molar refractivity (Wildman–Crippen MR) is 126 cm³/mol. The highest BCUT2D eigenvalue weighted by Crippen LogP contribution is 2.20. The van der Waals surface area contributed by atoms with Crippen molar-refractivity contribution >= 4 is 18.4 Å². The smallest absolute Gasteiger partial charge is 0.223 e. The molecule has 0 saturated carbocycles. The lowest BCUT2D eigenvalue weighted by Crippen LogP contribution is -2.42. The Morgan fingerprint density at radius 2 is 1.84 bits per heavy atom. The maximum absolute atomic E-state index is 8.89. The molecule has 1 aliphatic heterocycles. The lowest BCUT2D eigenvalue weighted by atomic mass is 10.1. The lowest BCUT2D eigenvalue weighted by Gasteiger charge is -2.27. The van der Waals surface area contributed by atoms with Gasteiger partial charge in [0.25, 0.3) is 0 Å². The van der Waals surface area contributed by atoms with Gasteiger partial charge in [0.2, 0.25) is 5.95 Å². The molecule has 0 bridgehead atoms. The number of nitrogens with one attached hydrogen (secondary N) is 2. The van der Waals surface area contributed by atoms with Gasteiger partial charge in [-0.15, -0.1) is 12.4 Å². The third kappa shape index (κ3) is 6.50. The molecule has 0 atom stereocenters. The number of hydrogen-bond donors (Lipinski definition) is 2. The highest BCUT2D eigenvalue weighted by molar-refractivity contribution is 5.85. The van der Waals surface area contributed by atoms with E-state index in [1.807, 2.05) is 30.3 Å². The molecule has 1 saturated heterocycles. The van der Waals surface area contributed by atoms with Crippen LogP contribution in [0.5, 0.6) is 0 Å². The van der Waals surface area contributed by atoms with E-state index in [1.165, 1.54) is 11.1 Å². The molecule has 0 unspecified atom stereocenters. The van der Waals surface area contributed by atoms with Gasteiger partial charge in [0, 0.05) is 51.0 Å². The minimum Gasteiger partial charge on any atom is -0.354 e. The maximum Gasteiger partial charge on any atom is 0.223 e. The third-order valence-electron chi connectivity index (χ3n) is 5.27. The molecule has 7 heteroatoms. The maximum atomic E-state index is 8.89. The number of rotatable bonds is 7. The normalized spacial score (nSPS) is 13.8. The van der Waals surface area contributed by atoms with Crippen molar-refractivity contribution in [2.24, 2.45) is 0 Å². The van der Waals surface area contributed by atoms with Crippen molar-refractivity contribution in [3.05, 3.63) is 77.5 Å². The molecular weight excluding hydrogens is 408 g/mol. The van der Waals surface area contributed by atoms with Crippen LogP contribution in [-0.4, -0.2) is 47.6 Å². The molecular formula is C24H27ClN6. The highest BCUT2D eigenvalue weighted by Gasteiger charge is 2.10. The summed E-state index contributed by atoms with van der Waals surface area (Å²) in [6.07, 6.45) is 2.65. The summed E-state index contributed by atoms with van der Waals surface area (Å²) in [5.41, 5.74) is 5.21. The molecule has 2 heterocycles. The van der Waals surface area contributed by atoms with Crippen LogP contribution in [0.4, 0.5) is 5.95 Å². The first-order valence-corrected chi connectivity index (χ1v) is 10.4. The van der Waals surface area contributed by atoms with Crippen LogP contribution in [0.2, 0.25) is 0 Å². The van der Waals surface area contributed by atoms with E-state index in [0.29, 0.717) is 11.5 Å². The second-order valence-electron chi connectivity index (χ2n) is 7.48.